The summed E-state index contributed by atoms with van der Waals surface area (Å²) in [7, 11) is 0. The summed E-state index contributed by atoms with van der Waals surface area (Å²) in [5.74, 6) is 2.85. The summed E-state index contributed by atoms with van der Waals surface area (Å²) in [5.41, 5.74) is -0.0476. The van der Waals surface area contributed by atoms with Gasteiger partial charge in [-0.05, 0) is 86.5 Å². The number of tetrazole rings is 1. The van der Waals surface area contributed by atoms with Gasteiger partial charge in [-0.3, -0.25) is 4.79 Å². The quantitative estimate of drug-likeness (QED) is 0.711. The third kappa shape index (κ3) is 3.01. The number of thioether (sulfide) groups is 1. The number of carbonyl (C=O) groups is 1. The van der Waals surface area contributed by atoms with Crippen LogP contribution >= 0.6 is 11.8 Å². The molecule has 4 bridgehead atoms. The molecule has 5 fully saturated rings. The van der Waals surface area contributed by atoms with E-state index in [1.807, 2.05) is 4.68 Å². The van der Waals surface area contributed by atoms with Crippen LogP contribution in [0.15, 0.2) is 5.16 Å². The predicted octanol–water partition coefficient (Wildman–Crippen LogP) is 3.12. The van der Waals surface area contributed by atoms with Crippen LogP contribution in [0.4, 0.5) is 0 Å². The summed E-state index contributed by atoms with van der Waals surface area (Å²) in [6.07, 6.45) is 9.86. The summed E-state index contributed by atoms with van der Waals surface area (Å²) >= 11 is 1.54. The van der Waals surface area contributed by atoms with Crippen molar-refractivity contribution in [2.75, 3.05) is 6.61 Å². The first-order valence-electron chi connectivity index (χ1n) is 10.2. The van der Waals surface area contributed by atoms with Crippen LogP contribution in [0.2, 0.25) is 0 Å². The minimum Gasteiger partial charge on any atom is -0.376 e. The summed E-state index contributed by atoms with van der Waals surface area (Å²) in [6, 6.07) is 0. The molecule has 142 valence electrons. The average Bonchev–Trinajstić information content (AvgIpc) is 3.26. The Morgan fingerprint density at radius 2 is 1.96 bits per heavy atom. The molecule has 2 heterocycles. The van der Waals surface area contributed by atoms with Gasteiger partial charge in [0.1, 0.15) is 0 Å². The lowest BCUT2D eigenvalue weighted by atomic mass is 9.48. The molecule has 1 aromatic rings. The van der Waals surface area contributed by atoms with E-state index in [9.17, 15) is 4.79 Å². The number of nitrogens with zero attached hydrogens (tertiary/aromatic N) is 4. The molecule has 0 N–H and O–H groups in total. The smallest absolute Gasteiger partial charge is 0.210 e. The fraction of sp³-hybridized carbons (Fsp3) is 0.895. The highest BCUT2D eigenvalue weighted by atomic mass is 32.2. The lowest BCUT2D eigenvalue weighted by molar-refractivity contribution is -0.142. The first kappa shape index (κ1) is 17.2. The van der Waals surface area contributed by atoms with Crippen LogP contribution in [0.25, 0.3) is 0 Å². The maximum atomic E-state index is 13.5. The summed E-state index contributed by atoms with van der Waals surface area (Å²) in [5, 5.41) is 12.8. The van der Waals surface area contributed by atoms with Crippen molar-refractivity contribution in [1.29, 1.82) is 0 Å². The Kier molecular flexibility index (Phi) is 4.35. The number of ketones is 1. The van der Waals surface area contributed by atoms with Gasteiger partial charge in [0.2, 0.25) is 5.16 Å². The number of hydrogen-bond donors (Lipinski definition) is 0. The molecule has 4 aliphatic carbocycles. The van der Waals surface area contributed by atoms with Crippen molar-refractivity contribution >= 4 is 17.5 Å². The fourth-order valence-electron chi connectivity index (χ4n) is 6.43. The van der Waals surface area contributed by atoms with Crippen molar-refractivity contribution in [1.82, 2.24) is 20.2 Å². The number of hydrogen-bond acceptors (Lipinski definition) is 6. The van der Waals surface area contributed by atoms with E-state index in [1.54, 1.807) is 0 Å². The minimum absolute atomic E-state index is 0.0476. The monoisotopic (exact) mass is 376 g/mol. The average molecular weight is 377 g/mol. The zero-order valence-electron chi connectivity index (χ0n) is 15.5. The van der Waals surface area contributed by atoms with Crippen molar-refractivity contribution in [3.8, 4) is 0 Å². The predicted molar refractivity (Wildman–Crippen MR) is 97.7 cm³/mol. The van der Waals surface area contributed by atoms with Gasteiger partial charge in [0.15, 0.2) is 5.78 Å². The Morgan fingerprint density at radius 3 is 2.58 bits per heavy atom. The molecule has 0 aromatic carbocycles. The molecule has 0 spiro atoms. The first-order chi connectivity index (χ1) is 12.6. The lowest BCUT2D eigenvalue weighted by Crippen LogP contribution is -2.51. The highest BCUT2D eigenvalue weighted by molar-refractivity contribution is 8.00. The number of ether oxygens (including phenoxy) is 1. The minimum atomic E-state index is -0.0829. The molecule has 6 nitrogen and oxygen atoms in total. The van der Waals surface area contributed by atoms with Gasteiger partial charge in [0, 0.05) is 12.0 Å². The number of carbonyl (C=O) groups excluding carboxylic acids is 1. The zero-order chi connectivity index (χ0) is 17.7. The molecule has 0 radical (unpaired) electrons. The Hall–Kier alpha value is -0.950. The van der Waals surface area contributed by atoms with E-state index in [-0.39, 0.29) is 16.8 Å². The Bertz CT molecular complexity index is 650. The van der Waals surface area contributed by atoms with E-state index >= 15 is 0 Å². The van der Waals surface area contributed by atoms with Crippen LogP contribution in [-0.4, -0.2) is 44.0 Å². The molecule has 2 unspecified atom stereocenters. The second-order valence-electron chi connectivity index (χ2n) is 9.10. The number of Topliss-reactive ketones (excluding diaryl/α,β-unsaturated/α-hetero) is 1. The van der Waals surface area contributed by atoms with Crippen LogP contribution in [0.1, 0.15) is 58.3 Å². The van der Waals surface area contributed by atoms with Crippen molar-refractivity contribution in [3.63, 3.8) is 0 Å². The van der Waals surface area contributed by atoms with Crippen molar-refractivity contribution < 1.29 is 9.53 Å². The molecule has 1 saturated heterocycles. The van der Waals surface area contributed by atoms with E-state index in [4.69, 9.17) is 4.74 Å². The molecular formula is C19H28N4O2S. The van der Waals surface area contributed by atoms with Gasteiger partial charge in [0.25, 0.3) is 0 Å². The summed E-state index contributed by atoms with van der Waals surface area (Å²) in [6.45, 7) is 3.57. The molecular weight excluding hydrogens is 348 g/mol. The number of aromatic nitrogens is 4. The molecule has 5 aliphatic rings. The molecule has 6 rings (SSSR count). The van der Waals surface area contributed by atoms with Crippen LogP contribution in [-0.2, 0) is 16.1 Å². The molecule has 0 amide bonds. The number of rotatable bonds is 6. The van der Waals surface area contributed by atoms with Gasteiger partial charge in [-0.15, -0.1) is 5.10 Å². The Balaban J connectivity index is 1.28. The second kappa shape index (κ2) is 6.59. The maximum absolute atomic E-state index is 13.5. The van der Waals surface area contributed by atoms with E-state index in [2.05, 4.69) is 22.4 Å². The lowest BCUT2D eigenvalue weighted by Gasteiger charge is -2.56. The highest BCUT2D eigenvalue weighted by Gasteiger charge is 2.55. The van der Waals surface area contributed by atoms with Gasteiger partial charge < -0.3 is 4.74 Å². The Morgan fingerprint density at radius 1 is 1.27 bits per heavy atom. The maximum Gasteiger partial charge on any atom is 0.210 e. The van der Waals surface area contributed by atoms with Crippen LogP contribution in [0.5, 0.6) is 0 Å². The van der Waals surface area contributed by atoms with E-state index in [0.29, 0.717) is 12.3 Å². The molecule has 1 aromatic heterocycles. The first-order valence-corrected chi connectivity index (χ1v) is 11.1. The zero-order valence-corrected chi connectivity index (χ0v) is 16.3. The highest BCUT2D eigenvalue weighted by Crippen LogP contribution is 2.61. The summed E-state index contributed by atoms with van der Waals surface area (Å²) in [4.78, 5) is 13.5. The topological polar surface area (TPSA) is 69.9 Å². The molecule has 2 atom stereocenters. The molecule has 7 heteroatoms. The Labute approximate surface area is 158 Å². The van der Waals surface area contributed by atoms with Crippen LogP contribution in [0.3, 0.4) is 0 Å². The normalized spacial score (nSPS) is 39.4. The van der Waals surface area contributed by atoms with Gasteiger partial charge in [-0.2, -0.15) is 0 Å². The molecule has 26 heavy (non-hydrogen) atoms. The largest absolute Gasteiger partial charge is 0.376 e. The van der Waals surface area contributed by atoms with E-state index < -0.39 is 0 Å². The van der Waals surface area contributed by atoms with Gasteiger partial charge in [-0.25, -0.2) is 4.68 Å². The van der Waals surface area contributed by atoms with E-state index in [0.717, 1.165) is 61.6 Å². The molecule has 4 saturated carbocycles. The molecule has 1 aliphatic heterocycles. The summed E-state index contributed by atoms with van der Waals surface area (Å²) < 4.78 is 7.53. The fourth-order valence-corrected chi connectivity index (χ4v) is 7.42. The van der Waals surface area contributed by atoms with Crippen molar-refractivity contribution in [2.45, 2.75) is 81.3 Å². The van der Waals surface area contributed by atoms with Crippen molar-refractivity contribution in [2.24, 2.45) is 23.2 Å². The third-order valence-electron chi connectivity index (χ3n) is 7.11. The second-order valence-corrected chi connectivity index (χ2v) is 10.4. The SMILES string of the molecule is CC(Sc1nnnn1CC1CCCO1)C(=O)C12CC3CC(CC(C3)C1)C2. The van der Waals surface area contributed by atoms with Crippen LogP contribution in [0, 0.1) is 23.2 Å². The van der Waals surface area contributed by atoms with Crippen LogP contribution < -0.4 is 0 Å². The van der Waals surface area contributed by atoms with Gasteiger partial charge in [-0.1, -0.05) is 11.8 Å². The van der Waals surface area contributed by atoms with Crippen molar-refractivity contribution in [3.05, 3.63) is 0 Å². The van der Waals surface area contributed by atoms with E-state index in [1.165, 1.54) is 31.0 Å². The standard InChI is InChI=1S/C19H28N4O2S/c1-12(26-18-20-21-22-23(18)11-16-3-2-4-25-16)17(24)19-8-13-5-14(9-19)7-15(6-13)10-19/h12-16H,2-11H2,1H3. The van der Waals surface area contributed by atoms with Gasteiger partial charge in [0.05, 0.1) is 17.9 Å². The van der Waals surface area contributed by atoms with Gasteiger partial charge >= 0.3 is 0 Å². The third-order valence-corrected chi connectivity index (χ3v) is 8.18.